The summed E-state index contributed by atoms with van der Waals surface area (Å²) in [5, 5.41) is 9.99. The van der Waals surface area contributed by atoms with Crippen LogP contribution in [0, 0.1) is 0 Å². The van der Waals surface area contributed by atoms with E-state index in [2.05, 4.69) is 0 Å². The molecule has 0 fully saturated rings. The van der Waals surface area contributed by atoms with Crippen LogP contribution in [-0.4, -0.2) is 30.0 Å². The number of ether oxygens (including phenoxy) is 2. The Morgan fingerprint density at radius 3 is 1.17 bits per heavy atom. The number of hydrogen-bond donors (Lipinski definition) is 2. The van der Waals surface area contributed by atoms with Crippen LogP contribution < -0.4 is 19.8 Å². The average molecular weight is 372 g/mol. The van der Waals surface area contributed by atoms with E-state index in [4.69, 9.17) is 19.8 Å². The zero-order chi connectivity index (χ0) is 17.8. The number of nitrogens with two attached hydrogens (primary N) is 2. The Balaban J connectivity index is 1.83. The van der Waals surface area contributed by atoms with Gasteiger partial charge in [0.2, 0.25) is 20.0 Å². The molecule has 2 aromatic rings. The predicted octanol–water partition coefficient (Wildman–Crippen LogP) is 0.439. The summed E-state index contributed by atoms with van der Waals surface area (Å²) in [7, 11) is -7.45. The maximum absolute atomic E-state index is 11.1. The highest BCUT2D eigenvalue weighted by atomic mass is 32.2. The van der Waals surface area contributed by atoms with Gasteiger partial charge in [0, 0.05) is 0 Å². The van der Waals surface area contributed by atoms with E-state index >= 15 is 0 Å². The van der Waals surface area contributed by atoms with E-state index < -0.39 is 20.0 Å². The second kappa shape index (κ2) is 7.18. The molecule has 0 radical (unpaired) electrons. The van der Waals surface area contributed by atoms with Crippen LogP contribution in [0.15, 0.2) is 58.3 Å². The lowest BCUT2D eigenvalue weighted by Crippen LogP contribution is -2.13. The molecule has 0 saturated carbocycles. The minimum absolute atomic E-state index is 0.000968. The highest BCUT2D eigenvalue weighted by Crippen LogP contribution is 2.16. The lowest BCUT2D eigenvalue weighted by atomic mass is 10.3. The number of benzene rings is 2. The van der Waals surface area contributed by atoms with Crippen molar-refractivity contribution in [3.8, 4) is 11.5 Å². The summed E-state index contributed by atoms with van der Waals surface area (Å²) in [6.07, 6.45) is 0. The Bertz CT molecular complexity index is 814. The summed E-state index contributed by atoms with van der Waals surface area (Å²) in [6, 6.07) is 11.3. The van der Waals surface area contributed by atoms with Gasteiger partial charge in [0.25, 0.3) is 0 Å². The van der Waals surface area contributed by atoms with Crippen molar-refractivity contribution in [2.75, 3.05) is 13.2 Å². The van der Waals surface area contributed by atoms with E-state index in [0.717, 1.165) is 0 Å². The van der Waals surface area contributed by atoms with Crippen LogP contribution in [0.25, 0.3) is 0 Å². The molecule has 0 atom stereocenters. The fourth-order valence-corrected chi connectivity index (χ4v) is 2.80. The minimum atomic E-state index is -3.73. The second-order valence-corrected chi connectivity index (χ2v) is 7.85. The Kier molecular flexibility index (Phi) is 5.44. The molecule has 0 heterocycles. The molecule has 2 aromatic carbocycles. The molecular weight excluding hydrogens is 356 g/mol. The van der Waals surface area contributed by atoms with E-state index in [1.807, 2.05) is 0 Å². The van der Waals surface area contributed by atoms with Crippen molar-refractivity contribution in [3.63, 3.8) is 0 Å². The lowest BCUT2D eigenvalue weighted by Gasteiger charge is -2.09. The molecule has 130 valence electrons. The standard InChI is InChI=1S/C14H16N2O6S2/c15-23(17,18)13-5-1-11(2-6-13)21-9-10-22-12-3-7-14(8-4-12)24(16,19)20/h1-8H,9-10H2,(H2,15,17,18)(H2,16,19,20). The maximum atomic E-state index is 11.1. The lowest BCUT2D eigenvalue weighted by molar-refractivity contribution is 0.217. The molecule has 4 N–H and O–H groups in total. The topological polar surface area (TPSA) is 139 Å². The van der Waals surface area contributed by atoms with Gasteiger partial charge < -0.3 is 9.47 Å². The highest BCUT2D eigenvalue weighted by Gasteiger charge is 2.08. The Hall–Kier alpha value is -2.14. The fourth-order valence-electron chi connectivity index (χ4n) is 1.77. The summed E-state index contributed by atoms with van der Waals surface area (Å²) in [5.41, 5.74) is 0. The van der Waals surface area contributed by atoms with E-state index in [-0.39, 0.29) is 23.0 Å². The number of hydrogen-bond acceptors (Lipinski definition) is 6. The molecule has 0 saturated heterocycles. The van der Waals surface area contributed by atoms with Gasteiger partial charge in [-0.2, -0.15) is 0 Å². The van der Waals surface area contributed by atoms with Crippen LogP contribution in [0.2, 0.25) is 0 Å². The molecule has 24 heavy (non-hydrogen) atoms. The largest absolute Gasteiger partial charge is 0.490 e. The summed E-state index contributed by atoms with van der Waals surface area (Å²) < 4.78 is 55.3. The summed E-state index contributed by atoms with van der Waals surface area (Å²) in [4.78, 5) is 0.00194. The van der Waals surface area contributed by atoms with Gasteiger partial charge in [-0.15, -0.1) is 0 Å². The first-order valence-electron chi connectivity index (χ1n) is 6.67. The van der Waals surface area contributed by atoms with E-state index in [1.165, 1.54) is 48.5 Å². The Labute approximate surface area is 140 Å². The summed E-state index contributed by atoms with van der Waals surface area (Å²) in [6.45, 7) is 0.428. The molecule has 2 rings (SSSR count). The van der Waals surface area contributed by atoms with Crippen molar-refractivity contribution in [2.45, 2.75) is 9.79 Å². The van der Waals surface area contributed by atoms with Crippen LogP contribution in [-0.2, 0) is 20.0 Å². The molecule has 10 heteroatoms. The van der Waals surface area contributed by atoms with Gasteiger partial charge in [0.15, 0.2) is 0 Å². The van der Waals surface area contributed by atoms with E-state index in [9.17, 15) is 16.8 Å². The molecule has 0 amide bonds. The summed E-state index contributed by atoms with van der Waals surface area (Å²) >= 11 is 0. The van der Waals surface area contributed by atoms with Crippen molar-refractivity contribution < 1.29 is 26.3 Å². The van der Waals surface area contributed by atoms with E-state index in [1.54, 1.807) is 0 Å². The van der Waals surface area contributed by atoms with Crippen molar-refractivity contribution in [1.82, 2.24) is 0 Å². The molecule has 0 unspecified atom stereocenters. The Morgan fingerprint density at radius 1 is 0.625 bits per heavy atom. The van der Waals surface area contributed by atoms with Crippen molar-refractivity contribution in [2.24, 2.45) is 10.3 Å². The smallest absolute Gasteiger partial charge is 0.238 e. The van der Waals surface area contributed by atoms with Crippen LogP contribution in [0.1, 0.15) is 0 Å². The molecular formula is C14H16N2O6S2. The van der Waals surface area contributed by atoms with Crippen LogP contribution in [0.4, 0.5) is 0 Å². The molecule has 0 spiro atoms. The van der Waals surface area contributed by atoms with Crippen LogP contribution in [0.3, 0.4) is 0 Å². The quantitative estimate of drug-likeness (QED) is 0.676. The molecule has 0 aliphatic rings. The molecule has 0 aliphatic heterocycles. The highest BCUT2D eigenvalue weighted by molar-refractivity contribution is 7.89. The zero-order valence-electron chi connectivity index (χ0n) is 12.5. The van der Waals surface area contributed by atoms with Gasteiger partial charge in [0.1, 0.15) is 24.7 Å². The van der Waals surface area contributed by atoms with Gasteiger partial charge in [-0.25, -0.2) is 27.1 Å². The third-order valence-corrected chi connectivity index (χ3v) is 4.78. The Morgan fingerprint density at radius 2 is 0.917 bits per heavy atom. The zero-order valence-corrected chi connectivity index (χ0v) is 14.1. The molecule has 0 aliphatic carbocycles. The van der Waals surface area contributed by atoms with Gasteiger partial charge in [0.05, 0.1) is 9.79 Å². The normalized spacial score (nSPS) is 11.9. The predicted molar refractivity (Wildman–Crippen MR) is 86.6 cm³/mol. The third kappa shape index (κ3) is 5.20. The van der Waals surface area contributed by atoms with Gasteiger partial charge >= 0.3 is 0 Å². The fraction of sp³-hybridized carbons (Fsp3) is 0.143. The average Bonchev–Trinajstić information content (AvgIpc) is 2.51. The van der Waals surface area contributed by atoms with Gasteiger partial charge in [-0.1, -0.05) is 0 Å². The van der Waals surface area contributed by atoms with Crippen molar-refractivity contribution in [1.29, 1.82) is 0 Å². The first-order chi connectivity index (χ1) is 11.2. The van der Waals surface area contributed by atoms with Gasteiger partial charge in [-0.05, 0) is 48.5 Å². The number of sulfonamides is 2. The maximum Gasteiger partial charge on any atom is 0.238 e. The second-order valence-electron chi connectivity index (χ2n) is 4.73. The van der Waals surface area contributed by atoms with Gasteiger partial charge in [-0.3, -0.25) is 0 Å². The SMILES string of the molecule is NS(=O)(=O)c1ccc(OCCOc2ccc(S(N)(=O)=O)cc2)cc1. The van der Waals surface area contributed by atoms with Crippen LogP contribution in [0.5, 0.6) is 11.5 Å². The molecule has 0 aromatic heterocycles. The number of primary sulfonamides is 2. The monoisotopic (exact) mass is 372 g/mol. The summed E-state index contributed by atoms with van der Waals surface area (Å²) in [5.74, 6) is 0.936. The van der Waals surface area contributed by atoms with Crippen molar-refractivity contribution >= 4 is 20.0 Å². The first-order valence-corrected chi connectivity index (χ1v) is 9.77. The molecule has 0 bridgehead atoms. The minimum Gasteiger partial charge on any atom is -0.490 e. The van der Waals surface area contributed by atoms with Crippen LogP contribution >= 0.6 is 0 Å². The first kappa shape index (κ1) is 18.2. The third-order valence-electron chi connectivity index (χ3n) is 2.93. The number of rotatable bonds is 7. The molecule has 8 nitrogen and oxygen atoms in total. The van der Waals surface area contributed by atoms with Crippen molar-refractivity contribution in [3.05, 3.63) is 48.5 Å². The van der Waals surface area contributed by atoms with E-state index in [0.29, 0.717) is 11.5 Å².